The summed E-state index contributed by atoms with van der Waals surface area (Å²) >= 11 is 4.36. The van der Waals surface area contributed by atoms with Gasteiger partial charge < -0.3 is 5.11 Å². The van der Waals surface area contributed by atoms with E-state index in [9.17, 15) is 4.79 Å². The van der Waals surface area contributed by atoms with Crippen LogP contribution in [0.1, 0.15) is 32.6 Å². The Bertz CT molecular complexity index is 146. The van der Waals surface area contributed by atoms with E-state index in [1.807, 2.05) is 22.6 Å². The maximum atomic E-state index is 10.7. The van der Waals surface area contributed by atoms with Gasteiger partial charge in [-0.25, -0.2) is 0 Å². The lowest BCUT2D eigenvalue weighted by Gasteiger charge is -2.16. The molecule has 0 bridgehead atoms. The fraction of sp³-hybridized carbons (Fsp3) is 0.875. The van der Waals surface area contributed by atoms with Crippen LogP contribution in [-0.2, 0) is 4.79 Å². The molecule has 0 rings (SSSR count). The summed E-state index contributed by atoms with van der Waals surface area (Å²) in [5.74, 6) is -0.697. The molecule has 12 heavy (non-hydrogen) atoms. The molecule has 72 valence electrons. The Balaban J connectivity index is 3.54. The van der Waals surface area contributed by atoms with Crippen LogP contribution in [0, 0.1) is 0 Å². The van der Waals surface area contributed by atoms with Crippen molar-refractivity contribution >= 4 is 51.2 Å². The lowest BCUT2D eigenvalue weighted by atomic mass is 10.0. The molecule has 0 fully saturated rings. The number of rotatable bonds is 6. The quantitative estimate of drug-likeness (QED) is 0.425. The first-order valence-corrected chi connectivity index (χ1v) is 6.59. The average Bonchev–Trinajstić information content (AvgIpc) is 1.98. The summed E-state index contributed by atoms with van der Waals surface area (Å²) in [7, 11) is 0. The second kappa shape index (κ2) is 6.39. The number of carboxylic acid groups (broad SMARTS) is 1. The highest BCUT2D eigenvalue weighted by molar-refractivity contribution is 14.1. The van der Waals surface area contributed by atoms with E-state index in [0.29, 0.717) is 0 Å². The van der Waals surface area contributed by atoms with Crippen molar-refractivity contribution in [3.8, 4) is 0 Å². The number of aliphatic carboxylic acids is 1. The normalized spacial score (nSPS) is 15.6. The predicted molar refractivity (Wildman–Crippen MR) is 67.4 cm³/mol. The summed E-state index contributed by atoms with van der Waals surface area (Å²) in [6.45, 7) is 1.78. The summed E-state index contributed by atoms with van der Waals surface area (Å²) in [6, 6.07) is 0. The highest BCUT2D eigenvalue weighted by atomic mass is 127. The Hall–Kier alpha value is 0.930. The third-order valence-electron chi connectivity index (χ3n) is 1.73. The van der Waals surface area contributed by atoms with E-state index < -0.39 is 9.39 Å². The van der Waals surface area contributed by atoms with Gasteiger partial charge in [-0.1, -0.05) is 58.0 Å². The van der Waals surface area contributed by atoms with E-state index in [-0.39, 0.29) is 0 Å². The van der Waals surface area contributed by atoms with Crippen LogP contribution in [0.15, 0.2) is 0 Å². The zero-order chi connectivity index (χ0) is 9.61. The van der Waals surface area contributed by atoms with Gasteiger partial charge in [-0.15, -0.1) is 0 Å². The molecule has 0 aromatic rings. The predicted octanol–water partition coefficient (Wildman–Crippen LogP) is 3.26. The molecule has 1 atom stereocenters. The van der Waals surface area contributed by atoms with Gasteiger partial charge in [0.1, 0.15) is 3.42 Å². The molecule has 0 saturated heterocycles. The van der Waals surface area contributed by atoms with Crippen molar-refractivity contribution in [1.82, 2.24) is 0 Å². The highest BCUT2D eigenvalue weighted by Gasteiger charge is 2.28. The molecule has 0 spiro atoms. The largest absolute Gasteiger partial charge is 0.480 e. The maximum absolute atomic E-state index is 10.7. The molecule has 4 heteroatoms. The van der Waals surface area contributed by atoms with E-state index in [2.05, 4.69) is 22.6 Å². The van der Waals surface area contributed by atoms with Gasteiger partial charge in [0, 0.05) is 0 Å². The molecular formula is C8H14I2O2. The van der Waals surface area contributed by atoms with E-state index in [1.165, 1.54) is 10.8 Å². The molecule has 0 heterocycles. The van der Waals surface area contributed by atoms with Gasteiger partial charge in [-0.05, 0) is 24.2 Å². The van der Waals surface area contributed by atoms with Crippen LogP contribution in [0.2, 0.25) is 0 Å². The molecule has 0 aromatic carbocycles. The minimum atomic E-state index is -0.697. The number of unbranched alkanes of at least 4 members (excludes halogenated alkanes) is 2. The third kappa shape index (κ3) is 5.55. The van der Waals surface area contributed by atoms with Crippen LogP contribution in [0.3, 0.4) is 0 Å². The Kier molecular flexibility index (Phi) is 6.89. The average molecular weight is 396 g/mol. The molecular weight excluding hydrogens is 382 g/mol. The molecule has 0 aliphatic carbocycles. The van der Waals surface area contributed by atoms with Crippen molar-refractivity contribution in [1.29, 1.82) is 0 Å². The van der Waals surface area contributed by atoms with Crippen LogP contribution >= 0.6 is 45.2 Å². The lowest BCUT2D eigenvalue weighted by Crippen LogP contribution is -2.27. The van der Waals surface area contributed by atoms with E-state index in [0.717, 1.165) is 19.3 Å². The van der Waals surface area contributed by atoms with Gasteiger partial charge in [-0.3, -0.25) is 4.79 Å². The molecule has 1 N–H and O–H groups in total. The Morgan fingerprint density at radius 2 is 2.00 bits per heavy atom. The first-order chi connectivity index (χ1) is 5.50. The van der Waals surface area contributed by atoms with Crippen molar-refractivity contribution in [3.63, 3.8) is 0 Å². The number of alkyl halides is 2. The zero-order valence-electron chi connectivity index (χ0n) is 7.15. The molecule has 0 aromatic heterocycles. The monoisotopic (exact) mass is 396 g/mol. The van der Waals surface area contributed by atoms with Gasteiger partial charge in [0.05, 0.1) is 0 Å². The minimum absolute atomic E-state index is 0.566. The summed E-state index contributed by atoms with van der Waals surface area (Å²) in [6.07, 6.45) is 4.15. The van der Waals surface area contributed by atoms with Crippen molar-refractivity contribution in [2.45, 2.75) is 36.0 Å². The van der Waals surface area contributed by atoms with Crippen LogP contribution < -0.4 is 0 Å². The van der Waals surface area contributed by atoms with Crippen LogP contribution in [0.25, 0.3) is 0 Å². The third-order valence-corrected chi connectivity index (χ3v) is 3.49. The number of hydrogen-bond donors (Lipinski definition) is 1. The molecule has 0 amide bonds. The Morgan fingerprint density at radius 3 is 2.42 bits per heavy atom. The second-order valence-electron chi connectivity index (χ2n) is 3.00. The molecule has 0 radical (unpaired) electrons. The second-order valence-corrected chi connectivity index (χ2v) is 6.46. The van der Waals surface area contributed by atoms with E-state index in [1.54, 1.807) is 6.92 Å². The van der Waals surface area contributed by atoms with E-state index >= 15 is 0 Å². The van der Waals surface area contributed by atoms with Crippen LogP contribution in [0.5, 0.6) is 0 Å². The maximum Gasteiger partial charge on any atom is 0.319 e. The summed E-state index contributed by atoms with van der Waals surface area (Å²) < 4.78 is 0.603. The molecule has 1 unspecified atom stereocenters. The summed E-state index contributed by atoms with van der Waals surface area (Å²) in [4.78, 5) is 10.7. The standard InChI is InChI=1S/C8H14I2O2/c1-8(10,7(11)12)5-3-2-4-6-9/h2-6H2,1H3,(H,11,12). The zero-order valence-corrected chi connectivity index (χ0v) is 11.5. The first-order valence-electron chi connectivity index (χ1n) is 3.99. The van der Waals surface area contributed by atoms with Gasteiger partial charge in [0.25, 0.3) is 0 Å². The van der Waals surface area contributed by atoms with Crippen molar-refractivity contribution in [3.05, 3.63) is 0 Å². The SMILES string of the molecule is CC(I)(CCCCCI)C(=O)O. The Morgan fingerprint density at radius 1 is 1.42 bits per heavy atom. The van der Waals surface area contributed by atoms with Gasteiger partial charge in [0.2, 0.25) is 0 Å². The van der Waals surface area contributed by atoms with Crippen molar-refractivity contribution in [2.75, 3.05) is 4.43 Å². The first kappa shape index (κ1) is 12.9. The number of carbonyl (C=O) groups is 1. The van der Waals surface area contributed by atoms with Gasteiger partial charge in [0.15, 0.2) is 0 Å². The fourth-order valence-corrected chi connectivity index (χ4v) is 1.76. The topological polar surface area (TPSA) is 37.3 Å². The minimum Gasteiger partial charge on any atom is -0.480 e. The number of hydrogen-bond acceptors (Lipinski definition) is 1. The number of halogens is 2. The van der Waals surface area contributed by atoms with Gasteiger partial charge >= 0.3 is 5.97 Å². The lowest BCUT2D eigenvalue weighted by molar-refractivity contribution is -0.139. The summed E-state index contributed by atoms with van der Waals surface area (Å²) in [5, 5.41) is 8.79. The van der Waals surface area contributed by atoms with Gasteiger partial charge in [-0.2, -0.15) is 0 Å². The smallest absolute Gasteiger partial charge is 0.319 e. The molecule has 0 aliphatic heterocycles. The molecule has 0 aliphatic rings. The summed E-state index contributed by atoms with van der Waals surface area (Å²) in [5.41, 5.74) is 0. The van der Waals surface area contributed by atoms with Crippen LogP contribution in [0.4, 0.5) is 0 Å². The Labute approximate surface area is 101 Å². The highest BCUT2D eigenvalue weighted by Crippen LogP contribution is 2.25. The van der Waals surface area contributed by atoms with Crippen molar-refractivity contribution in [2.24, 2.45) is 0 Å². The van der Waals surface area contributed by atoms with E-state index in [4.69, 9.17) is 5.11 Å². The molecule has 0 saturated carbocycles. The number of carboxylic acids is 1. The molecule has 2 nitrogen and oxygen atoms in total. The fourth-order valence-electron chi connectivity index (χ4n) is 0.835. The van der Waals surface area contributed by atoms with Crippen molar-refractivity contribution < 1.29 is 9.90 Å². The van der Waals surface area contributed by atoms with Crippen LogP contribution in [-0.4, -0.2) is 18.9 Å².